The van der Waals surface area contributed by atoms with Crippen molar-refractivity contribution in [3.8, 4) is 5.75 Å². The van der Waals surface area contributed by atoms with Crippen molar-refractivity contribution < 1.29 is 23.4 Å². The van der Waals surface area contributed by atoms with Crippen LogP contribution < -0.4 is 10.1 Å². The number of carboxylic acids is 1. The maximum absolute atomic E-state index is 15.7. The van der Waals surface area contributed by atoms with E-state index in [2.05, 4.69) is 29.3 Å². The Hall–Kier alpha value is -2.77. The first-order valence-corrected chi connectivity index (χ1v) is 12.8. The van der Waals surface area contributed by atoms with Crippen LogP contribution in [0.2, 0.25) is 0 Å². The highest BCUT2D eigenvalue weighted by Gasteiger charge is 2.41. The second-order valence-electron chi connectivity index (χ2n) is 9.95. The third kappa shape index (κ3) is 5.32. The highest BCUT2D eigenvalue weighted by molar-refractivity contribution is 5.79. The number of rotatable bonds is 11. The molecule has 0 spiro atoms. The van der Waals surface area contributed by atoms with E-state index in [0.29, 0.717) is 44.0 Å². The fraction of sp³-hybridized carbons (Fsp3) is 0.483. The van der Waals surface area contributed by atoms with Crippen LogP contribution in [0, 0.1) is 18.7 Å². The fourth-order valence-corrected chi connectivity index (χ4v) is 5.56. The summed E-state index contributed by atoms with van der Waals surface area (Å²) in [6.07, 6.45) is 1.99. The molecule has 4 rings (SSSR count). The number of ether oxygens (including phenoxy) is 1. The van der Waals surface area contributed by atoms with Crippen LogP contribution in [-0.2, 0) is 11.2 Å². The lowest BCUT2D eigenvalue weighted by Crippen LogP contribution is -2.45. The highest BCUT2D eigenvalue weighted by Crippen LogP contribution is 2.50. The number of nitrogens with zero attached hydrogens (tertiary/aromatic N) is 1. The minimum absolute atomic E-state index is 0.0461. The van der Waals surface area contributed by atoms with Gasteiger partial charge in [-0.3, -0.25) is 14.1 Å². The van der Waals surface area contributed by atoms with Gasteiger partial charge in [0.1, 0.15) is 18.2 Å². The van der Waals surface area contributed by atoms with Crippen LogP contribution in [0.3, 0.4) is 0 Å². The third-order valence-electron chi connectivity index (χ3n) is 7.45. The Kier molecular flexibility index (Phi) is 8.42. The number of hydrogen-bond donors (Lipinski definition) is 2. The molecule has 0 radical (unpaired) electrons. The van der Waals surface area contributed by atoms with Crippen molar-refractivity contribution in [2.45, 2.75) is 52.1 Å². The number of alkyl halides is 1. The largest absolute Gasteiger partial charge is 0.492 e. The zero-order valence-corrected chi connectivity index (χ0v) is 21.3. The lowest BCUT2D eigenvalue weighted by Gasteiger charge is -2.43. The van der Waals surface area contributed by atoms with E-state index >= 15 is 4.39 Å². The Labute approximate surface area is 212 Å². The molecule has 0 amide bonds. The van der Waals surface area contributed by atoms with Crippen LogP contribution in [-0.4, -0.2) is 54.9 Å². The molecule has 1 aliphatic heterocycles. The van der Waals surface area contributed by atoms with Gasteiger partial charge in [0.15, 0.2) is 0 Å². The molecule has 3 atom stereocenters. The van der Waals surface area contributed by atoms with Crippen LogP contribution in [0.25, 0.3) is 5.57 Å². The molecule has 194 valence electrons. The van der Waals surface area contributed by atoms with E-state index in [4.69, 9.17) is 4.74 Å². The molecule has 0 bridgehead atoms. The first-order chi connectivity index (χ1) is 17.3. The quantitative estimate of drug-likeness (QED) is 0.410. The molecule has 2 aromatic carbocycles. The number of aliphatic carboxylic acids is 1. The topological polar surface area (TPSA) is 61.8 Å². The zero-order chi connectivity index (χ0) is 25.8. The molecular weight excluding hydrogens is 462 g/mol. The first kappa shape index (κ1) is 26.3. The molecule has 0 saturated carbocycles. The van der Waals surface area contributed by atoms with Gasteiger partial charge >= 0.3 is 5.97 Å². The Morgan fingerprint density at radius 2 is 2.03 bits per heavy atom. The Morgan fingerprint density at radius 3 is 2.78 bits per heavy atom. The van der Waals surface area contributed by atoms with E-state index in [9.17, 15) is 14.3 Å². The van der Waals surface area contributed by atoms with Crippen molar-refractivity contribution in [3.05, 3.63) is 70.0 Å². The molecule has 0 saturated heterocycles. The maximum atomic E-state index is 15.7. The number of fused-ring (bicyclic) bond motifs is 2. The van der Waals surface area contributed by atoms with Crippen molar-refractivity contribution in [3.63, 3.8) is 0 Å². The summed E-state index contributed by atoms with van der Waals surface area (Å²) in [4.78, 5) is 13.9. The van der Waals surface area contributed by atoms with E-state index in [1.807, 2.05) is 19.1 Å². The molecule has 2 aromatic rings. The zero-order valence-electron chi connectivity index (χ0n) is 21.3. The smallest absolute Gasteiger partial charge is 0.307 e. The molecule has 5 nitrogen and oxygen atoms in total. The first-order valence-electron chi connectivity index (χ1n) is 12.8. The normalized spacial score (nSPS) is 20.2. The van der Waals surface area contributed by atoms with Crippen LogP contribution in [0.5, 0.6) is 5.75 Å². The predicted octanol–water partition coefficient (Wildman–Crippen LogP) is 5.33. The average molecular weight is 499 g/mol. The second kappa shape index (κ2) is 11.5. The summed E-state index contributed by atoms with van der Waals surface area (Å²) in [6, 6.07) is 11.1. The number of carboxylic acid groups (broad SMARTS) is 1. The maximum Gasteiger partial charge on any atom is 0.307 e. The van der Waals surface area contributed by atoms with Gasteiger partial charge in [0.05, 0.1) is 18.6 Å². The van der Waals surface area contributed by atoms with Gasteiger partial charge in [-0.25, -0.2) is 4.39 Å². The summed E-state index contributed by atoms with van der Waals surface area (Å²) >= 11 is 0. The lowest BCUT2D eigenvalue weighted by molar-refractivity contribution is -0.142. The van der Waals surface area contributed by atoms with E-state index in [1.165, 1.54) is 22.8 Å². The number of halogens is 2. The van der Waals surface area contributed by atoms with Crippen LogP contribution in [0.4, 0.5) is 8.78 Å². The number of benzene rings is 2. The van der Waals surface area contributed by atoms with Gasteiger partial charge in [0.2, 0.25) is 0 Å². The molecule has 2 N–H and O–H groups in total. The van der Waals surface area contributed by atoms with Gasteiger partial charge in [0.25, 0.3) is 0 Å². The van der Waals surface area contributed by atoms with E-state index in [0.717, 1.165) is 24.0 Å². The molecule has 2 aliphatic rings. The SMILES string of the molecule is Cc1c(OCCNCCCF)ccc(F)c1[C@@H]1C2=C(C[C@@H](C)N1C[C@H](C)C(=O)O)c1ccccc1C2. The summed E-state index contributed by atoms with van der Waals surface area (Å²) in [5, 5.41) is 12.8. The van der Waals surface area contributed by atoms with Gasteiger partial charge < -0.3 is 15.2 Å². The number of carbonyl (C=O) groups is 1. The van der Waals surface area contributed by atoms with Crippen molar-refractivity contribution >= 4 is 11.5 Å². The average Bonchev–Trinajstić information content (AvgIpc) is 3.22. The van der Waals surface area contributed by atoms with E-state index in [-0.39, 0.29) is 24.6 Å². The molecular formula is C29H36F2N2O3. The Bertz CT molecular complexity index is 1130. The van der Waals surface area contributed by atoms with Gasteiger partial charge in [-0.1, -0.05) is 31.2 Å². The van der Waals surface area contributed by atoms with Crippen molar-refractivity contribution in [2.24, 2.45) is 5.92 Å². The van der Waals surface area contributed by atoms with Crippen molar-refractivity contribution in [1.82, 2.24) is 10.2 Å². The molecule has 36 heavy (non-hydrogen) atoms. The number of hydrogen-bond acceptors (Lipinski definition) is 4. The summed E-state index contributed by atoms with van der Waals surface area (Å²) in [5.74, 6) is -1.14. The second-order valence-corrected chi connectivity index (χ2v) is 9.95. The summed E-state index contributed by atoms with van der Waals surface area (Å²) < 4.78 is 34.0. The van der Waals surface area contributed by atoms with Crippen LogP contribution in [0.1, 0.15) is 55.0 Å². The third-order valence-corrected chi connectivity index (χ3v) is 7.45. The van der Waals surface area contributed by atoms with Gasteiger partial charge in [0, 0.05) is 24.7 Å². The molecule has 1 heterocycles. The number of nitrogens with one attached hydrogen (secondary N) is 1. The summed E-state index contributed by atoms with van der Waals surface area (Å²) in [5.41, 5.74) is 6.15. The molecule has 0 fully saturated rings. The van der Waals surface area contributed by atoms with Gasteiger partial charge in [-0.15, -0.1) is 0 Å². The lowest BCUT2D eigenvalue weighted by atomic mass is 9.83. The fourth-order valence-electron chi connectivity index (χ4n) is 5.56. The highest BCUT2D eigenvalue weighted by atomic mass is 19.1. The van der Waals surface area contributed by atoms with Gasteiger partial charge in [-0.2, -0.15) is 0 Å². The predicted molar refractivity (Wildman–Crippen MR) is 137 cm³/mol. The molecule has 0 unspecified atom stereocenters. The van der Waals surface area contributed by atoms with Crippen LogP contribution >= 0.6 is 0 Å². The monoisotopic (exact) mass is 498 g/mol. The molecule has 7 heteroatoms. The summed E-state index contributed by atoms with van der Waals surface area (Å²) in [6.45, 7) is 7.20. The van der Waals surface area contributed by atoms with Crippen LogP contribution in [0.15, 0.2) is 42.0 Å². The standard InChI is InChI=1S/C29H36F2N2O3/c1-18(29(34)35)17-33-19(2)15-23-22-8-5-4-7-21(22)16-24(23)28(33)27-20(3)26(10-9-25(27)31)36-14-13-32-12-6-11-30/h4-5,7-10,18-19,28,32H,6,11-17H2,1-3H3,(H,34,35)/t18-,19+,28-/m0/s1. The Balaban J connectivity index is 1.71. The van der Waals surface area contributed by atoms with Crippen molar-refractivity contribution in [1.29, 1.82) is 0 Å². The minimum Gasteiger partial charge on any atom is -0.492 e. The molecule has 1 aliphatic carbocycles. The van der Waals surface area contributed by atoms with Crippen molar-refractivity contribution in [2.75, 3.05) is 32.9 Å². The Morgan fingerprint density at radius 1 is 1.25 bits per heavy atom. The van der Waals surface area contributed by atoms with Gasteiger partial charge in [-0.05, 0) is 79.6 Å². The van der Waals surface area contributed by atoms with E-state index in [1.54, 1.807) is 13.0 Å². The van der Waals surface area contributed by atoms with E-state index < -0.39 is 11.9 Å². The molecule has 0 aromatic heterocycles. The summed E-state index contributed by atoms with van der Waals surface area (Å²) in [7, 11) is 0. The minimum atomic E-state index is -0.857.